The molecule has 7 heteroatoms. The van der Waals surface area contributed by atoms with Crippen molar-refractivity contribution in [3.8, 4) is 0 Å². The fourth-order valence-electron chi connectivity index (χ4n) is 2.49. The number of hydrogen-bond acceptors (Lipinski definition) is 4. The topological polar surface area (TPSA) is 105 Å². The normalized spacial score (nSPS) is 21.4. The number of carboxylic acid groups (broad SMARTS) is 1. The van der Waals surface area contributed by atoms with Crippen molar-refractivity contribution >= 4 is 18.0 Å². The van der Waals surface area contributed by atoms with Crippen LogP contribution in [-0.4, -0.2) is 42.3 Å². The van der Waals surface area contributed by atoms with Crippen LogP contribution in [0.15, 0.2) is 0 Å². The van der Waals surface area contributed by atoms with Crippen LogP contribution in [0.5, 0.6) is 0 Å². The van der Waals surface area contributed by atoms with E-state index in [4.69, 9.17) is 9.84 Å². The predicted molar refractivity (Wildman–Crippen MR) is 75.8 cm³/mol. The maximum absolute atomic E-state index is 11.7. The summed E-state index contributed by atoms with van der Waals surface area (Å²) in [6.45, 7) is 2.45. The fourth-order valence-corrected chi connectivity index (χ4v) is 2.49. The molecule has 0 heterocycles. The number of carboxylic acids is 1. The molecular formula is C14H24N2O5. The van der Waals surface area contributed by atoms with Gasteiger partial charge in [-0.3, -0.25) is 9.59 Å². The van der Waals surface area contributed by atoms with Crippen molar-refractivity contribution in [3.63, 3.8) is 0 Å². The van der Waals surface area contributed by atoms with Gasteiger partial charge in [0, 0.05) is 19.0 Å². The number of ether oxygens (including phenoxy) is 1. The van der Waals surface area contributed by atoms with Crippen molar-refractivity contribution in [1.29, 1.82) is 0 Å². The van der Waals surface area contributed by atoms with Crippen molar-refractivity contribution < 1.29 is 24.2 Å². The molecule has 1 aliphatic rings. The molecule has 120 valence electrons. The first-order valence-electron chi connectivity index (χ1n) is 7.47. The second-order valence-electron chi connectivity index (χ2n) is 5.14. The SMILES string of the molecule is CCOC(=O)CCCNC(=O)NC1CCCCC1C(=O)O. The zero-order chi connectivity index (χ0) is 15.7. The van der Waals surface area contributed by atoms with E-state index in [2.05, 4.69) is 10.6 Å². The quantitative estimate of drug-likeness (QED) is 0.485. The molecule has 1 aliphatic carbocycles. The van der Waals surface area contributed by atoms with E-state index in [9.17, 15) is 14.4 Å². The Morgan fingerprint density at radius 2 is 1.95 bits per heavy atom. The zero-order valence-electron chi connectivity index (χ0n) is 12.4. The number of carbonyl (C=O) groups excluding carboxylic acids is 2. The Morgan fingerprint density at radius 1 is 1.24 bits per heavy atom. The van der Waals surface area contributed by atoms with Gasteiger partial charge in [-0.2, -0.15) is 0 Å². The molecule has 2 amide bonds. The number of nitrogens with one attached hydrogen (secondary N) is 2. The lowest BCUT2D eigenvalue weighted by Gasteiger charge is -2.29. The number of hydrogen-bond donors (Lipinski definition) is 3. The molecule has 0 bridgehead atoms. The van der Waals surface area contributed by atoms with Gasteiger partial charge < -0.3 is 20.5 Å². The summed E-state index contributed by atoms with van der Waals surface area (Å²) in [6.07, 6.45) is 3.86. The van der Waals surface area contributed by atoms with Crippen LogP contribution < -0.4 is 10.6 Å². The van der Waals surface area contributed by atoms with Crippen LogP contribution in [0, 0.1) is 5.92 Å². The highest BCUT2D eigenvalue weighted by Crippen LogP contribution is 2.24. The van der Waals surface area contributed by atoms with Gasteiger partial charge in [0.2, 0.25) is 0 Å². The molecule has 1 saturated carbocycles. The summed E-state index contributed by atoms with van der Waals surface area (Å²) in [4.78, 5) is 33.9. The van der Waals surface area contributed by atoms with Gasteiger partial charge in [-0.1, -0.05) is 12.8 Å². The van der Waals surface area contributed by atoms with E-state index in [-0.39, 0.29) is 24.5 Å². The molecule has 0 aromatic heterocycles. The number of esters is 1. The van der Waals surface area contributed by atoms with Crippen LogP contribution in [0.4, 0.5) is 4.79 Å². The Balaban J connectivity index is 2.23. The minimum atomic E-state index is -0.859. The Morgan fingerprint density at radius 3 is 2.62 bits per heavy atom. The first-order valence-corrected chi connectivity index (χ1v) is 7.47. The van der Waals surface area contributed by atoms with Crippen molar-refractivity contribution in [3.05, 3.63) is 0 Å². The van der Waals surface area contributed by atoms with Crippen LogP contribution >= 0.6 is 0 Å². The predicted octanol–water partition coefficient (Wildman–Crippen LogP) is 1.27. The Kier molecular flexibility index (Phi) is 7.56. The van der Waals surface area contributed by atoms with Crippen LogP contribution in [-0.2, 0) is 14.3 Å². The number of carbonyl (C=O) groups is 3. The van der Waals surface area contributed by atoms with Crippen molar-refractivity contribution in [2.24, 2.45) is 5.92 Å². The third-order valence-corrected chi connectivity index (χ3v) is 3.55. The van der Waals surface area contributed by atoms with Crippen molar-refractivity contribution in [2.75, 3.05) is 13.2 Å². The molecule has 2 atom stereocenters. The van der Waals surface area contributed by atoms with Gasteiger partial charge >= 0.3 is 18.0 Å². The van der Waals surface area contributed by atoms with E-state index >= 15 is 0 Å². The largest absolute Gasteiger partial charge is 0.481 e. The molecule has 2 unspecified atom stereocenters. The summed E-state index contributed by atoms with van der Waals surface area (Å²) < 4.78 is 4.78. The number of urea groups is 1. The number of aliphatic carboxylic acids is 1. The van der Waals surface area contributed by atoms with Gasteiger partial charge in [0.1, 0.15) is 0 Å². The lowest BCUT2D eigenvalue weighted by Crippen LogP contribution is -2.49. The minimum absolute atomic E-state index is 0.259. The van der Waals surface area contributed by atoms with E-state index in [0.717, 1.165) is 12.8 Å². The summed E-state index contributed by atoms with van der Waals surface area (Å²) in [5.74, 6) is -1.65. The van der Waals surface area contributed by atoms with Crippen LogP contribution in [0.3, 0.4) is 0 Å². The first-order chi connectivity index (χ1) is 10.0. The monoisotopic (exact) mass is 300 g/mol. The highest BCUT2D eigenvalue weighted by molar-refractivity contribution is 5.76. The first kappa shape index (κ1) is 17.3. The molecule has 1 fully saturated rings. The molecule has 0 aliphatic heterocycles. The standard InChI is InChI=1S/C14H24N2O5/c1-2-21-12(17)8-5-9-15-14(20)16-11-7-4-3-6-10(11)13(18)19/h10-11H,2-9H2,1H3,(H,18,19)(H2,15,16,20). The second kappa shape index (κ2) is 9.20. The molecule has 7 nitrogen and oxygen atoms in total. The zero-order valence-corrected chi connectivity index (χ0v) is 12.4. The molecule has 21 heavy (non-hydrogen) atoms. The molecule has 0 aromatic rings. The summed E-state index contributed by atoms with van der Waals surface area (Å²) in [5, 5.41) is 14.5. The summed E-state index contributed by atoms with van der Waals surface area (Å²) >= 11 is 0. The summed E-state index contributed by atoms with van der Waals surface area (Å²) in [7, 11) is 0. The van der Waals surface area contributed by atoms with Crippen LogP contribution in [0.1, 0.15) is 45.4 Å². The van der Waals surface area contributed by atoms with Gasteiger partial charge in [-0.25, -0.2) is 4.79 Å². The number of rotatable bonds is 7. The lowest BCUT2D eigenvalue weighted by atomic mass is 9.84. The molecule has 0 radical (unpaired) electrons. The lowest BCUT2D eigenvalue weighted by molar-refractivity contribution is -0.144. The summed E-state index contributed by atoms with van der Waals surface area (Å²) in [5.41, 5.74) is 0. The van der Waals surface area contributed by atoms with Gasteiger partial charge in [-0.05, 0) is 26.2 Å². The van der Waals surface area contributed by atoms with Gasteiger partial charge in [0.05, 0.1) is 12.5 Å². The molecular weight excluding hydrogens is 276 g/mol. The summed E-state index contributed by atoms with van der Waals surface area (Å²) in [6, 6.07) is -0.696. The van der Waals surface area contributed by atoms with E-state index in [1.54, 1.807) is 6.92 Å². The Hall–Kier alpha value is -1.79. The third kappa shape index (κ3) is 6.46. The Bertz CT molecular complexity index is 372. The van der Waals surface area contributed by atoms with E-state index in [1.165, 1.54) is 0 Å². The molecule has 0 saturated heterocycles. The molecule has 1 rings (SSSR count). The third-order valence-electron chi connectivity index (χ3n) is 3.55. The Labute approximate surface area is 124 Å². The minimum Gasteiger partial charge on any atom is -0.481 e. The van der Waals surface area contributed by atoms with Crippen molar-refractivity contribution in [2.45, 2.75) is 51.5 Å². The van der Waals surface area contributed by atoms with Gasteiger partial charge in [0.15, 0.2) is 0 Å². The molecule has 3 N–H and O–H groups in total. The van der Waals surface area contributed by atoms with Gasteiger partial charge in [-0.15, -0.1) is 0 Å². The highest BCUT2D eigenvalue weighted by atomic mass is 16.5. The smallest absolute Gasteiger partial charge is 0.315 e. The average Bonchev–Trinajstić information content (AvgIpc) is 2.44. The van der Waals surface area contributed by atoms with Gasteiger partial charge in [0.25, 0.3) is 0 Å². The molecule has 0 aromatic carbocycles. The highest BCUT2D eigenvalue weighted by Gasteiger charge is 2.31. The maximum atomic E-state index is 11.7. The average molecular weight is 300 g/mol. The van der Waals surface area contributed by atoms with E-state index < -0.39 is 11.9 Å². The fraction of sp³-hybridized carbons (Fsp3) is 0.786. The number of amides is 2. The van der Waals surface area contributed by atoms with E-state index in [1.807, 2.05) is 0 Å². The van der Waals surface area contributed by atoms with Crippen LogP contribution in [0.2, 0.25) is 0 Å². The second-order valence-corrected chi connectivity index (χ2v) is 5.14. The van der Waals surface area contributed by atoms with Crippen LogP contribution in [0.25, 0.3) is 0 Å². The van der Waals surface area contributed by atoms with E-state index in [0.29, 0.717) is 32.4 Å². The maximum Gasteiger partial charge on any atom is 0.315 e. The van der Waals surface area contributed by atoms with Crippen molar-refractivity contribution in [1.82, 2.24) is 10.6 Å². The molecule has 0 spiro atoms.